The van der Waals surface area contributed by atoms with Crippen LogP contribution in [0, 0.1) is 5.41 Å². The van der Waals surface area contributed by atoms with Crippen LogP contribution >= 0.6 is 24.0 Å². The molecule has 0 amide bonds. The van der Waals surface area contributed by atoms with Crippen molar-refractivity contribution in [3.8, 4) is 0 Å². The van der Waals surface area contributed by atoms with E-state index in [9.17, 15) is 0 Å². The van der Waals surface area contributed by atoms with Gasteiger partial charge in [0.25, 0.3) is 0 Å². The third-order valence-corrected chi connectivity index (χ3v) is 7.76. The van der Waals surface area contributed by atoms with Crippen LogP contribution in [0.15, 0.2) is 4.99 Å². The van der Waals surface area contributed by atoms with E-state index in [1.54, 1.807) is 0 Å². The third kappa shape index (κ3) is 5.21. The molecule has 4 aliphatic rings. The summed E-state index contributed by atoms with van der Waals surface area (Å²) in [5.74, 6) is 1.13. The van der Waals surface area contributed by atoms with E-state index in [0.29, 0.717) is 11.5 Å². The van der Waals surface area contributed by atoms with Crippen LogP contribution in [-0.2, 0) is 9.47 Å². The first-order valence-electron chi connectivity index (χ1n) is 11.6. The Hall–Kier alpha value is -0.120. The second kappa shape index (κ2) is 10.5. The first-order chi connectivity index (χ1) is 13.7. The molecular weight excluding hydrogens is 479 g/mol. The summed E-state index contributed by atoms with van der Waals surface area (Å²) in [5, 5.41) is 3.59. The number of nitrogens with zero attached hydrogens (tertiary/aromatic N) is 3. The average Bonchev–Trinajstić information content (AvgIpc) is 3.48. The normalized spacial score (nSPS) is 30.8. The standard InChI is InChI=1S/C22H40N4O2.HI/c1-3-23-20(25-14-10-21(17-25)11-15-28-18-21)24-16-22(8-4-5-9-22)26-12-6-19(27-2)7-13-26;/h19H,3-18H2,1-2H3,(H,23,24);1H. The van der Waals surface area contributed by atoms with E-state index < -0.39 is 0 Å². The van der Waals surface area contributed by atoms with Crippen molar-refractivity contribution in [1.82, 2.24) is 15.1 Å². The van der Waals surface area contributed by atoms with Gasteiger partial charge in [0.05, 0.1) is 19.3 Å². The summed E-state index contributed by atoms with van der Waals surface area (Å²) in [6.07, 6.45) is 10.5. The van der Waals surface area contributed by atoms with Gasteiger partial charge in [0.15, 0.2) is 5.96 Å². The van der Waals surface area contributed by atoms with Gasteiger partial charge < -0.3 is 19.7 Å². The molecular formula is C22H41IN4O2. The Bertz CT molecular complexity index is 539. The van der Waals surface area contributed by atoms with Crippen LogP contribution in [0.3, 0.4) is 0 Å². The zero-order valence-corrected chi connectivity index (χ0v) is 20.8. The second-order valence-corrected chi connectivity index (χ2v) is 9.50. The summed E-state index contributed by atoms with van der Waals surface area (Å²) in [6, 6.07) is 0. The molecule has 4 rings (SSSR count). The zero-order valence-electron chi connectivity index (χ0n) is 18.5. The molecule has 0 aromatic carbocycles. The van der Waals surface area contributed by atoms with Gasteiger partial charge in [0.1, 0.15) is 0 Å². The van der Waals surface area contributed by atoms with Gasteiger partial charge in [-0.25, -0.2) is 0 Å². The Labute approximate surface area is 194 Å². The number of rotatable bonds is 5. The monoisotopic (exact) mass is 520 g/mol. The summed E-state index contributed by atoms with van der Waals surface area (Å²) >= 11 is 0. The quantitative estimate of drug-likeness (QED) is 0.343. The van der Waals surface area contributed by atoms with E-state index in [0.717, 1.165) is 71.3 Å². The van der Waals surface area contributed by atoms with E-state index >= 15 is 0 Å². The van der Waals surface area contributed by atoms with Crippen LogP contribution in [0.2, 0.25) is 0 Å². The van der Waals surface area contributed by atoms with Crippen LogP contribution < -0.4 is 5.32 Å². The van der Waals surface area contributed by atoms with Crippen molar-refractivity contribution in [2.45, 2.75) is 69.9 Å². The highest BCUT2D eigenvalue weighted by atomic mass is 127. The van der Waals surface area contributed by atoms with Crippen molar-refractivity contribution in [3.05, 3.63) is 0 Å². The van der Waals surface area contributed by atoms with Crippen LogP contribution in [0.5, 0.6) is 0 Å². The van der Waals surface area contributed by atoms with Gasteiger partial charge in [-0.15, -0.1) is 24.0 Å². The summed E-state index contributed by atoms with van der Waals surface area (Å²) in [5.41, 5.74) is 0.649. The average molecular weight is 521 g/mol. The number of likely N-dealkylation sites (tertiary alicyclic amines) is 2. The highest BCUT2D eigenvalue weighted by Gasteiger charge is 2.43. The molecule has 0 radical (unpaired) electrons. The molecule has 3 saturated heterocycles. The van der Waals surface area contributed by atoms with Crippen LogP contribution in [0.25, 0.3) is 0 Å². The van der Waals surface area contributed by atoms with Crippen molar-refractivity contribution in [2.24, 2.45) is 10.4 Å². The maximum absolute atomic E-state index is 5.72. The summed E-state index contributed by atoms with van der Waals surface area (Å²) in [6.45, 7) is 10.5. The Balaban J connectivity index is 0.00000240. The van der Waals surface area contributed by atoms with E-state index in [-0.39, 0.29) is 29.5 Å². The number of methoxy groups -OCH3 is 1. The molecule has 1 saturated carbocycles. The molecule has 1 N–H and O–H groups in total. The summed E-state index contributed by atoms with van der Waals surface area (Å²) < 4.78 is 11.3. The van der Waals surface area contributed by atoms with Crippen molar-refractivity contribution in [2.75, 3.05) is 59.6 Å². The number of hydrogen-bond donors (Lipinski definition) is 1. The number of ether oxygens (including phenoxy) is 2. The van der Waals surface area contributed by atoms with Crippen molar-refractivity contribution < 1.29 is 9.47 Å². The Morgan fingerprint density at radius 3 is 2.52 bits per heavy atom. The molecule has 168 valence electrons. The lowest BCUT2D eigenvalue weighted by Crippen LogP contribution is -2.54. The minimum atomic E-state index is 0. The Kier molecular flexibility index (Phi) is 8.49. The van der Waals surface area contributed by atoms with E-state index in [1.165, 1.54) is 38.5 Å². The van der Waals surface area contributed by atoms with Crippen LogP contribution in [-0.4, -0.2) is 87.0 Å². The molecule has 0 bridgehead atoms. The molecule has 3 heterocycles. The number of halogens is 1. The molecule has 1 unspecified atom stereocenters. The molecule has 7 heteroatoms. The van der Waals surface area contributed by atoms with Gasteiger partial charge in [-0.1, -0.05) is 12.8 Å². The smallest absolute Gasteiger partial charge is 0.194 e. The van der Waals surface area contributed by atoms with E-state index in [4.69, 9.17) is 14.5 Å². The first-order valence-corrected chi connectivity index (χ1v) is 11.6. The maximum Gasteiger partial charge on any atom is 0.194 e. The number of hydrogen-bond acceptors (Lipinski definition) is 4. The summed E-state index contributed by atoms with van der Waals surface area (Å²) in [4.78, 5) is 10.5. The van der Waals surface area contributed by atoms with Gasteiger partial charge in [-0.05, 0) is 45.4 Å². The predicted octanol–water partition coefficient (Wildman–Crippen LogP) is 3.11. The van der Waals surface area contributed by atoms with Crippen molar-refractivity contribution in [3.63, 3.8) is 0 Å². The molecule has 1 spiro atoms. The van der Waals surface area contributed by atoms with Gasteiger partial charge in [-0.2, -0.15) is 0 Å². The fourth-order valence-electron chi connectivity index (χ4n) is 5.91. The first kappa shape index (κ1) is 23.5. The largest absolute Gasteiger partial charge is 0.381 e. The minimum absolute atomic E-state index is 0. The molecule has 3 aliphatic heterocycles. The van der Waals surface area contributed by atoms with Gasteiger partial charge >= 0.3 is 0 Å². The fourth-order valence-corrected chi connectivity index (χ4v) is 5.91. The lowest BCUT2D eigenvalue weighted by molar-refractivity contribution is -0.000121. The highest BCUT2D eigenvalue weighted by molar-refractivity contribution is 14.0. The topological polar surface area (TPSA) is 49.3 Å². The van der Waals surface area contributed by atoms with E-state index in [2.05, 4.69) is 22.0 Å². The molecule has 0 aromatic heterocycles. The number of aliphatic imine (C=N–C) groups is 1. The van der Waals surface area contributed by atoms with Crippen LogP contribution in [0.4, 0.5) is 0 Å². The summed E-state index contributed by atoms with van der Waals surface area (Å²) in [7, 11) is 1.86. The number of guanidine groups is 1. The molecule has 1 aliphatic carbocycles. The molecule has 29 heavy (non-hydrogen) atoms. The maximum atomic E-state index is 5.72. The molecule has 4 fully saturated rings. The predicted molar refractivity (Wildman–Crippen MR) is 128 cm³/mol. The third-order valence-electron chi connectivity index (χ3n) is 7.76. The number of piperidine rings is 1. The van der Waals surface area contributed by atoms with Crippen molar-refractivity contribution in [1.29, 1.82) is 0 Å². The molecule has 0 aromatic rings. The zero-order chi connectivity index (χ0) is 19.5. The second-order valence-electron chi connectivity index (χ2n) is 9.50. The fraction of sp³-hybridized carbons (Fsp3) is 0.955. The van der Waals surface area contributed by atoms with Crippen molar-refractivity contribution >= 4 is 29.9 Å². The van der Waals surface area contributed by atoms with E-state index in [1.807, 2.05) is 7.11 Å². The molecule has 1 atom stereocenters. The number of nitrogens with one attached hydrogen (secondary N) is 1. The lowest BCUT2D eigenvalue weighted by Gasteiger charge is -2.44. The lowest BCUT2D eigenvalue weighted by atomic mass is 9.87. The van der Waals surface area contributed by atoms with Gasteiger partial charge in [-0.3, -0.25) is 9.89 Å². The minimum Gasteiger partial charge on any atom is -0.381 e. The van der Waals surface area contributed by atoms with Gasteiger partial charge in [0.2, 0.25) is 0 Å². The Morgan fingerprint density at radius 1 is 1.14 bits per heavy atom. The SMILES string of the molecule is CCNC(=NCC1(N2CCC(OC)CC2)CCCC1)N1CCC2(CCOC2)C1.I. The molecule has 6 nitrogen and oxygen atoms in total. The van der Waals surface area contributed by atoms with Gasteiger partial charge in [0, 0.05) is 57.4 Å². The Morgan fingerprint density at radius 2 is 1.90 bits per heavy atom. The van der Waals surface area contributed by atoms with Crippen LogP contribution in [0.1, 0.15) is 58.3 Å². The highest BCUT2D eigenvalue weighted by Crippen LogP contribution is 2.39.